The first-order valence-electron chi connectivity index (χ1n) is 7.51. The Hall–Kier alpha value is -3.43. The summed E-state index contributed by atoms with van der Waals surface area (Å²) in [4.78, 5) is 7.81. The first kappa shape index (κ1) is 18.4. The van der Waals surface area contributed by atoms with E-state index in [1.54, 1.807) is 0 Å². The fraction of sp³-hybridized carbons (Fsp3) is 0.0588. The lowest BCUT2D eigenvalue weighted by atomic mass is 10.2. The lowest BCUT2D eigenvalue weighted by Gasteiger charge is -2.13. The summed E-state index contributed by atoms with van der Waals surface area (Å²) < 4.78 is 64.5. The molecule has 5 nitrogen and oxygen atoms in total. The van der Waals surface area contributed by atoms with Crippen LogP contribution in [-0.2, 0) is 6.18 Å². The third-order valence-electron chi connectivity index (χ3n) is 3.54. The van der Waals surface area contributed by atoms with Crippen molar-refractivity contribution >= 4 is 28.7 Å². The standard InChI is InChI=1S/C17H12F5N5/c18-10-3-6-13(12(19)7-10)27-16-14(23)15(24-8-25-16)26-11-4-1-9(2-5-11)17(20,21)22/h1-8H,23H2,(H2,24,25,26,27). The number of nitrogens with zero attached hydrogens (tertiary/aromatic N) is 2. The smallest absolute Gasteiger partial charge is 0.393 e. The fourth-order valence-electron chi connectivity index (χ4n) is 2.19. The van der Waals surface area contributed by atoms with Crippen LogP contribution in [-0.4, -0.2) is 9.97 Å². The van der Waals surface area contributed by atoms with Crippen LogP contribution in [0.15, 0.2) is 48.8 Å². The van der Waals surface area contributed by atoms with Crippen LogP contribution >= 0.6 is 0 Å². The first-order chi connectivity index (χ1) is 12.7. The molecule has 0 bridgehead atoms. The fourth-order valence-corrected chi connectivity index (χ4v) is 2.19. The molecule has 0 aliphatic carbocycles. The monoisotopic (exact) mass is 381 g/mol. The summed E-state index contributed by atoms with van der Waals surface area (Å²) >= 11 is 0. The van der Waals surface area contributed by atoms with Crippen molar-refractivity contribution in [3.8, 4) is 0 Å². The summed E-state index contributed by atoms with van der Waals surface area (Å²) in [5, 5.41) is 5.38. The van der Waals surface area contributed by atoms with Gasteiger partial charge in [0.25, 0.3) is 0 Å². The third kappa shape index (κ3) is 4.22. The van der Waals surface area contributed by atoms with Crippen molar-refractivity contribution in [2.45, 2.75) is 6.18 Å². The van der Waals surface area contributed by atoms with Gasteiger partial charge in [-0.3, -0.25) is 0 Å². The zero-order valence-electron chi connectivity index (χ0n) is 13.5. The minimum Gasteiger partial charge on any atom is -0.393 e. The summed E-state index contributed by atoms with van der Waals surface area (Å²) in [7, 11) is 0. The number of hydrogen-bond donors (Lipinski definition) is 3. The molecule has 0 unspecified atom stereocenters. The molecule has 3 rings (SSSR count). The van der Waals surface area contributed by atoms with E-state index in [0.29, 0.717) is 11.8 Å². The van der Waals surface area contributed by atoms with E-state index in [9.17, 15) is 22.0 Å². The van der Waals surface area contributed by atoms with Crippen LogP contribution in [0.1, 0.15) is 5.56 Å². The molecule has 3 aromatic rings. The second-order valence-electron chi connectivity index (χ2n) is 5.43. The van der Waals surface area contributed by atoms with E-state index in [-0.39, 0.29) is 23.0 Å². The van der Waals surface area contributed by atoms with Gasteiger partial charge in [-0.1, -0.05) is 0 Å². The average molecular weight is 381 g/mol. The third-order valence-corrected chi connectivity index (χ3v) is 3.54. The van der Waals surface area contributed by atoms with E-state index >= 15 is 0 Å². The highest BCUT2D eigenvalue weighted by molar-refractivity contribution is 5.80. The predicted molar refractivity (Wildman–Crippen MR) is 90.8 cm³/mol. The van der Waals surface area contributed by atoms with Gasteiger partial charge in [0, 0.05) is 11.8 Å². The molecule has 0 aliphatic heterocycles. The molecule has 0 aliphatic rings. The Labute approximate surface area is 150 Å². The molecule has 140 valence electrons. The Bertz CT molecular complexity index is 957. The van der Waals surface area contributed by atoms with Crippen molar-refractivity contribution in [1.82, 2.24) is 9.97 Å². The highest BCUT2D eigenvalue weighted by Gasteiger charge is 2.29. The van der Waals surface area contributed by atoms with E-state index in [0.717, 1.165) is 24.5 Å². The number of alkyl halides is 3. The van der Waals surface area contributed by atoms with E-state index in [1.165, 1.54) is 18.2 Å². The average Bonchev–Trinajstić information content (AvgIpc) is 2.60. The van der Waals surface area contributed by atoms with Crippen molar-refractivity contribution in [1.29, 1.82) is 0 Å². The molecule has 4 N–H and O–H groups in total. The summed E-state index contributed by atoms with van der Waals surface area (Å²) in [6.07, 6.45) is -3.31. The van der Waals surface area contributed by atoms with Crippen LogP contribution in [0.4, 0.5) is 50.6 Å². The molecule has 0 spiro atoms. The minimum absolute atomic E-state index is 0.00104. The second kappa shape index (κ2) is 7.06. The highest BCUT2D eigenvalue weighted by atomic mass is 19.4. The Morgan fingerprint density at radius 1 is 0.852 bits per heavy atom. The molecule has 1 aromatic heterocycles. The van der Waals surface area contributed by atoms with Crippen LogP contribution in [0.3, 0.4) is 0 Å². The molecular weight excluding hydrogens is 369 g/mol. The summed E-state index contributed by atoms with van der Waals surface area (Å²) in [6.45, 7) is 0. The highest BCUT2D eigenvalue weighted by Crippen LogP contribution is 2.32. The molecule has 0 fully saturated rings. The van der Waals surface area contributed by atoms with Crippen molar-refractivity contribution in [2.24, 2.45) is 0 Å². The molecule has 27 heavy (non-hydrogen) atoms. The number of halogens is 5. The molecule has 2 aromatic carbocycles. The van der Waals surface area contributed by atoms with Gasteiger partial charge in [-0.05, 0) is 36.4 Å². The summed E-state index contributed by atoms with van der Waals surface area (Å²) in [6, 6.07) is 7.19. The SMILES string of the molecule is Nc1c(Nc2ccc(C(F)(F)F)cc2)ncnc1Nc1ccc(F)cc1F. The molecule has 0 saturated carbocycles. The number of anilines is 5. The van der Waals surface area contributed by atoms with E-state index in [4.69, 9.17) is 5.73 Å². The predicted octanol–water partition coefficient (Wildman–Crippen LogP) is 4.84. The lowest BCUT2D eigenvalue weighted by molar-refractivity contribution is -0.137. The topological polar surface area (TPSA) is 75.9 Å². The van der Waals surface area contributed by atoms with Gasteiger partial charge in [0.2, 0.25) is 0 Å². The van der Waals surface area contributed by atoms with Gasteiger partial charge in [0.1, 0.15) is 23.6 Å². The summed E-state index contributed by atoms with van der Waals surface area (Å²) in [5.74, 6) is -1.43. The molecule has 1 heterocycles. The number of aromatic nitrogens is 2. The molecule has 0 amide bonds. The van der Waals surface area contributed by atoms with Crippen molar-refractivity contribution in [2.75, 3.05) is 16.4 Å². The maximum Gasteiger partial charge on any atom is 0.416 e. The number of hydrogen-bond acceptors (Lipinski definition) is 5. The maximum atomic E-state index is 13.8. The van der Waals surface area contributed by atoms with Crippen LogP contribution in [0.2, 0.25) is 0 Å². The first-order valence-corrected chi connectivity index (χ1v) is 7.51. The van der Waals surface area contributed by atoms with Gasteiger partial charge in [-0.15, -0.1) is 0 Å². The molecule has 0 atom stereocenters. The van der Waals surface area contributed by atoms with Gasteiger partial charge in [-0.25, -0.2) is 18.7 Å². The van der Waals surface area contributed by atoms with E-state index in [1.807, 2.05) is 0 Å². The number of nitrogen functional groups attached to an aromatic ring is 1. The van der Waals surface area contributed by atoms with Gasteiger partial charge in [-0.2, -0.15) is 13.2 Å². The van der Waals surface area contributed by atoms with Crippen molar-refractivity contribution in [3.63, 3.8) is 0 Å². The number of nitrogens with two attached hydrogens (primary N) is 1. The zero-order chi connectivity index (χ0) is 19.6. The number of rotatable bonds is 4. The largest absolute Gasteiger partial charge is 0.416 e. The molecule has 0 saturated heterocycles. The lowest BCUT2D eigenvalue weighted by Crippen LogP contribution is -2.07. The van der Waals surface area contributed by atoms with Crippen LogP contribution < -0.4 is 16.4 Å². The van der Waals surface area contributed by atoms with Gasteiger partial charge >= 0.3 is 6.18 Å². The zero-order valence-corrected chi connectivity index (χ0v) is 13.5. The Morgan fingerprint density at radius 2 is 1.48 bits per heavy atom. The van der Waals surface area contributed by atoms with Gasteiger partial charge in [0.15, 0.2) is 11.6 Å². The molecule has 0 radical (unpaired) electrons. The minimum atomic E-state index is -4.44. The molecular formula is C17H12F5N5. The molecule has 10 heteroatoms. The van der Waals surface area contributed by atoms with E-state index in [2.05, 4.69) is 20.6 Å². The van der Waals surface area contributed by atoms with Gasteiger partial charge < -0.3 is 16.4 Å². The van der Waals surface area contributed by atoms with Crippen LogP contribution in [0, 0.1) is 11.6 Å². The van der Waals surface area contributed by atoms with Crippen molar-refractivity contribution < 1.29 is 22.0 Å². The van der Waals surface area contributed by atoms with Gasteiger partial charge in [0.05, 0.1) is 11.3 Å². The number of nitrogens with one attached hydrogen (secondary N) is 2. The van der Waals surface area contributed by atoms with Crippen LogP contribution in [0.25, 0.3) is 0 Å². The normalized spacial score (nSPS) is 11.3. The Kier molecular flexibility index (Phi) is 4.80. The Balaban J connectivity index is 1.82. The second-order valence-corrected chi connectivity index (χ2v) is 5.43. The van der Waals surface area contributed by atoms with Crippen molar-refractivity contribution in [3.05, 3.63) is 66.0 Å². The van der Waals surface area contributed by atoms with E-state index < -0.39 is 23.4 Å². The maximum absolute atomic E-state index is 13.8. The summed E-state index contributed by atoms with van der Waals surface area (Å²) in [5.41, 5.74) is 5.40. The Morgan fingerprint density at radius 3 is 2.07 bits per heavy atom. The van der Waals surface area contributed by atoms with Crippen LogP contribution in [0.5, 0.6) is 0 Å². The number of benzene rings is 2. The quantitative estimate of drug-likeness (QED) is 0.564.